The number of nitrogens with one attached hydrogen (secondary N) is 2. The molecule has 2 N–H and O–H groups in total. The molecule has 0 radical (unpaired) electrons. The van der Waals surface area contributed by atoms with E-state index in [-0.39, 0.29) is 29.8 Å². The van der Waals surface area contributed by atoms with Crippen LogP contribution in [-0.4, -0.2) is 39.9 Å². The molecule has 8 heteroatoms. The summed E-state index contributed by atoms with van der Waals surface area (Å²) in [6.45, 7) is 4.09. The number of hydrogen-bond donors (Lipinski definition) is 2. The van der Waals surface area contributed by atoms with Crippen LogP contribution in [0.4, 0.5) is 5.69 Å². The summed E-state index contributed by atoms with van der Waals surface area (Å²) in [5.41, 5.74) is 1.30. The maximum atomic E-state index is 12.3. The van der Waals surface area contributed by atoms with E-state index in [9.17, 15) is 18.0 Å². The minimum Gasteiger partial charge on any atom is -0.355 e. The van der Waals surface area contributed by atoms with Crippen LogP contribution in [0.25, 0.3) is 0 Å². The monoisotopic (exact) mass is 339 g/mol. The zero-order valence-corrected chi connectivity index (χ0v) is 14.1. The third kappa shape index (κ3) is 4.29. The highest BCUT2D eigenvalue weighted by Gasteiger charge is 2.23. The summed E-state index contributed by atoms with van der Waals surface area (Å²) in [5, 5.41) is 2.53. The Balaban J connectivity index is 2.10. The lowest BCUT2D eigenvalue weighted by atomic mass is 10.2. The van der Waals surface area contributed by atoms with Gasteiger partial charge in [0.1, 0.15) is 0 Å². The summed E-state index contributed by atoms with van der Waals surface area (Å²) in [5.74, 6) is -0.145. The number of hydrogen-bond acceptors (Lipinski definition) is 4. The van der Waals surface area contributed by atoms with E-state index in [0.717, 1.165) is 12.1 Å². The molecule has 0 aliphatic carbocycles. The number of benzene rings is 1. The molecule has 0 spiro atoms. The predicted molar refractivity (Wildman–Crippen MR) is 86.6 cm³/mol. The second-order valence-corrected chi connectivity index (χ2v) is 7.21. The summed E-state index contributed by atoms with van der Waals surface area (Å²) < 4.78 is 27.0. The van der Waals surface area contributed by atoms with Crippen molar-refractivity contribution in [1.29, 1.82) is 0 Å². The molecule has 7 nitrogen and oxygen atoms in total. The summed E-state index contributed by atoms with van der Waals surface area (Å²) >= 11 is 0. The fraction of sp³-hybridized carbons (Fsp3) is 0.467. The van der Waals surface area contributed by atoms with Gasteiger partial charge in [-0.15, -0.1) is 0 Å². The Morgan fingerprint density at radius 1 is 1.30 bits per heavy atom. The zero-order chi connectivity index (χ0) is 17.0. The van der Waals surface area contributed by atoms with Gasteiger partial charge in [0, 0.05) is 38.7 Å². The Kier molecular flexibility index (Phi) is 5.38. The van der Waals surface area contributed by atoms with E-state index in [2.05, 4.69) is 10.0 Å². The van der Waals surface area contributed by atoms with E-state index < -0.39 is 10.0 Å². The molecule has 0 unspecified atom stereocenters. The van der Waals surface area contributed by atoms with Gasteiger partial charge in [0.25, 0.3) is 0 Å². The van der Waals surface area contributed by atoms with Gasteiger partial charge in [-0.3, -0.25) is 9.59 Å². The van der Waals surface area contributed by atoms with Gasteiger partial charge in [-0.25, -0.2) is 13.1 Å². The highest BCUT2D eigenvalue weighted by Crippen LogP contribution is 2.25. The molecular weight excluding hydrogens is 318 g/mol. The quantitative estimate of drug-likeness (QED) is 0.739. The van der Waals surface area contributed by atoms with Gasteiger partial charge in [-0.2, -0.15) is 0 Å². The third-order valence-corrected chi connectivity index (χ3v) is 5.25. The molecule has 1 heterocycles. The Morgan fingerprint density at radius 2 is 2.04 bits per heavy atom. The van der Waals surface area contributed by atoms with Gasteiger partial charge in [0.15, 0.2) is 0 Å². The molecule has 1 aromatic rings. The zero-order valence-electron chi connectivity index (χ0n) is 13.3. The Bertz CT molecular complexity index is 715. The number of carbonyl (C=O) groups is 2. The smallest absolute Gasteiger partial charge is 0.240 e. The maximum Gasteiger partial charge on any atom is 0.240 e. The lowest BCUT2D eigenvalue weighted by Gasteiger charge is -2.17. The number of carbonyl (C=O) groups excluding carboxylic acids is 2. The normalized spacial score (nSPS) is 15.0. The molecule has 2 rings (SSSR count). The minimum atomic E-state index is -3.65. The van der Waals surface area contributed by atoms with Crippen molar-refractivity contribution in [2.75, 3.05) is 24.5 Å². The first kappa shape index (κ1) is 17.4. The molecule has 1 aliphatic heterocycles. The molecule has 1 fully saturated rings. The maximum absolute atomic E-state index is 12.3. The van der Waals surface area contributed by atoms with E-state index in [0.29, 0.717) is 18.5 Å². The summed E-state index contributed by atoms with van der Waals surface area (Å²) in [6, 6.07) is 4.88. The van der Waals surface area contributed by atoms with Crippen molar-refractivity contribution >= 4 is 27.5 Å². The summed E-state index contributed by atoms with van der Waals surface area (Å²) in [4.78, 5) is 24.4. The largest absolute Gasteiger partial charge is 0.355 e. The van der Waals surface area contributed by atoms with Gasteiger partial charge < -0.3 is 10.2 Å². The first-order chi connectivity index (χ1) is 10.8. The van der Waals surface area contributed by atoms with Gasteiger partial charge >= 0.3 is 0 Å². The lowest BCUT2D eigenvalue weighted by molar-refractivity contribution is -0.119. The van der Waals surface area contributed by atoms with Crippen LogP contribution in [-0.2, 0) is 19.6 Å². The van der Waals surface area contributed by atoms with E-state index in [1.54, 1.807) is 24.0 Å². The van der Waals surface area contributed by atoms with Gasteiger partial charge in [0.2, 0.25) is 21.8 Å². The van der Waals surface area contributed by atoms with E-state index in [1.165, 1.54) is 13.0 Å². The van der Waals surface area contributed by atoms with Crippen molar-refractivity contribution in [2.45, 2.75) is 31.6 Å². The molecule has 0 saturated carbocycles. The van der Waals surface area contributed by atoms with Crippen LogP contribution in [0.3, 0.4) is 0 Å². The van der Waals surface area contributed by atoms with Crippen molar-refractivity contribution in [3.63, 3.8) is 0 Å². The van der Waals surface area contributed by atoms with Gasteiger partial charge in [-0.05, 0) is 37.1 Å². The molecule has 0 atom stereocenters. The average molecular weight is 339 g/mol. The highest BCUT2D eigenvalue weighted by molar-refractivity contribution is 7.89. The predicted octanol–water partition coefficient (Wildman–Crippen LogP) is 0.536. The molecule has 1 aromatic carbocycles. The van der Waals surface area contributed by atoms with Crippen molar-refractivity contribution in [2.24, 2.45) is 0 Å². The molecule has 1 aliphatic rings. The van der Waals surface area contributed by atoms with Crippen LogP contribution in [0, 0.1) is 6.92 Å². The fourth-order valence-electron chi connectivity index (χ4n) is 2.53. The molecule has 0 bridgehead atoms. The molecule has 2 amide bonds. The van der Waals surface area contributed by atoms with Crippen LogP contribution in [0.2, 0.25) is 0 Å². The first-order valence-corrected chi connectivity index (χ1v) is 8.95. The Hall–Kier alpha value is -1.93. The summed E-state index contributed by atoms with van der Waals surface area (Å²) in [6.07, 6.45) is 1.35. The fourth-order valence-corrected chi connectivity index (χ4v) is 3.78. The van der Waals surface area contributed by atoms with Crippen LogP contribution in [0.5, 0.6) is 0 Å². The average Bonchev–Trinajstić information content (AvgIpc) is 2.89. The number of nitrogens with zero attached hydrogens (tertiary/aromatic N) is 1. The number of sulfonamides is 1. The van der Waals surface area contributed by atoms with Crippen LogP contribution in [0.1, 0.15) is 25.3 Å². The van der Waals surface area contributed by atoms with Crippen molar-refractivity contribution in [3.8, 4) is 0 Å². The number of aryl methyl sites for hydroxylation is 1. The highest BCUT2D eigenvalue weighted by atomic mass is 32.2. The van der Waals surface area contributed by atoms with Crippen LogP contribution >= 0.6 is 0 Å². The molecule has 1 saturated heterocycles. The topological polar surface area (TPSA) is 95.6 Å². The Morgan fingerprint density at radius 3 is 2.61 bits per heavy atom. The number of anilines is 1. The SMILES string of the molecule is CC(=O)NCCNS(=O)(=O)c1ccc(N2CCCC2=O)cc1C. The van der Waals surface area contributed by atoms with E-state index in [4.69, 9.17) is 0 Å². The van der Waals surface area contributed by atoms with Gasteiger partial charge in [0.05, 0.1) is 4.90 Å². The van der Waals surface area contributed by atoms with Crippen molar-refractivity contribution in [3.05, 3.63) is 23.8 Å². The Labute approximate surface area is 136 Å². The van der Waals surface area contributed by atoms with Crippen molar-refractivity contribution in [1.82, 2.24) is 10.0 Å². The second-order valence-electron chi connectivity index (χ2n) is 5.48. The molecular formula is C15H21N3O4S. The van der Waals surface area contributed by atoms with Gasteiger partial charge in [-0.1, -0.05) is 0 Å². The van der Waals surface area contributed by atoms with Crippen LogP contribution in [0.15, 0.2) is 23.1 Å². The first-order valence-electron chi connectivity index (χ1n) is 7.46. The minimum absolute atomic E-state index is 0.0634. The van der Waals surface area contributed by atoms with E-state index >= 15 is 0 Å². The third-order valence-electron chi connectivity index (χ3n) is 3.62. The number of amides is 2. The summed E-state index contributed by atoms with van der Waals surface area (Å²) in [7, 11) is -3.65. The molecule has 0 aromatic heterocycles. The number of rotatable bonds is 6. The molecule has 23 heavy (non-hydrogen) atoms. The van der Waals surface area contributed by atoms with Crippen molar-refractivity contribution < 1.29 is 18.0 Å². The van der Waals surface area contributed by atoms with Crippen LogP contribution < -0.4 is 14.9 Å². The van der Waals surface area contributed by atoms with E-state index in [1.807, 2.05) is 0 Å². The molecule has 126 valence electrons. The lowest BCUT2D eigenvalue weighted by Crippen LogP contribution is -2.34. The standard InChI is InChI=1S/C15H21N3O4S/c1-11-10-13(18-9-3-4-15(18)20)5-6-14(11)23(21,22)17-8-7-16-12(2)19/h5-6,10,17H,3-4,7-9H2,1-2H3,(H,16,19). The second kappa shape index (κ2) is 7.10.